The van der Waals surface area contributed by atoms with Crippen molar-refractivity contribution in [2.24, 2.45) is 0 Å². The van der Waals surface area contributed by atoms with Crippen LogP contribution in [-0.4, -0.2) is 11.5 Å². The smallest absolute Gasteiger partial charge is 0.123 e. The Balaban J connectivity index is 1.39. The minimum absolute atomic E-state index is 0.189. The molecule has 0 radical (unpaired) electrons. The second kappa shape index (κ2) is 7.77. The quantitative estimate of drug-likeness (QED) is 0.462. The molecule has 26 heavy (non-hydrogen) atoms. The van der Waals surface area contributed by atoms with E-state index in [2.05, 4.69) is 52.8 Å². The van der Waals surface area contributed by atoms with E-state index in [0.717, 1.165) is 30.1 Å². The minimum Gasteiger partial charge on any atom is -0.310 e. The van der Waals surface area contributed by atoms with E-state index < -0.39 is 0 Å². The first-order chi connectivity index (χ1) is 12.8. The molecule has 4 heteroatoms. The van der Waals surface area contributed by atoms with Gasteiger partial charge < -0.3 is 5.32 Å². The highest BCUT2D eigenvalue weighted by molar-refractivity contribution is 7.15. The molecule has 2 nitrogen and oxygen atoms in total. The Morgan fingerprint density at radius 1 is 0.923 bits per heavy atom. The summed E-state index contributed by atoms with van der Waals surface area (Å²) in [5.41, 5.74) is 2.37. The maximum absolute atomic E-state index is 12.9. The number of rotatable bonds is 6. The third-order valence-corrected chi connectivity index (χ3v) is 5.42. The second-order valence-corrected chi connectivity index (χ2v) is 7.31. The van der Waals surface area contributed by atoms with Crippen molar-refractivity contribution in [3.05, 3.63) is 89.3 Å². The molecular weight excluding hydrogens is 343 g/mol. The predicted octanol–water partition coefficient (Wildman–Crippen LogP) is 5.43. The van der Waals surface area contributed by atoms with Crippen LogP contribution in [-0.2, 0) is 13.0 Å². The topological polar surface area (TPSA) is 24.9 Å². The summed E-state index contributed by atoms with van der Waals surface area (Å²) >= 11 is 1.73. The third kappa shape index (κ3) is 3.82. The van der Waals surface area contributed by atoms with Crippen LogP contribution in [0.15, 0.2) is 72.9 Å². The highest BCUT2D eigenvalue weighted by Crippen LogP contribution is 2.32. The van der Waals surface area contributed by atoms with Crippen LogP contribution in [0.4, 0.5) is 4.39 Å². The fraction of sp³-hybridized carbons (Fsp3) is 0.136. The Labute approximate surface area is 156 Å². The van der Waals surface area contributed by atoms with E-state index in [9.17, 15) is 4.39 Å². The van der Waals surface area contributed by atoms with Gasteiger partial charge in [-0.3, -0.25) is 0 Å². The lowest BCUT2D eigenvalue weighted by atomic mass is 10.0. The molecule has 0 atom stereocenters. The lowest BCUT2D eigenvalue weighted by molar-refractivity contribution is 0.626. The molecule has 0 aliphatic heterocycles. The molecule has 0 saturated carbocycles. The maximum atomic E-state index is 12.9. The number of thiazole rings is 1. The Hall–Kier alpha value is -2.56. The zero-order valence-electron chi connectivity index (χ0n) is 14.3. The summed E-state index contributed by atoms with van der Waals surface area (Å²) in [7, 11) is 0. The zero-order valence-corrected chi connectivity index (χ0v) is 15.1. The SMILES string of the molecule is Fc1ccc(CCNCc2ncc(-c3cccc4ccccc34)s2)cc1. The van der Waals surface area contributed by atoms with E-state index in [-0.39, 0.29) is 5.82 Å². The first-order valence-corrected chi connectivity index (χ1v) is 9.49. The molecule has 0 saturated heterocycles. The van der Waals surface area contributed by atoms with Crippen molar-refractivity contribution in [1.29, 1.82) is 0 Å². The minimum atomic E-state index is -0.189. The fourth-order valence-electron chi connectivity index (χ4n) is 3.04. The van der Waals surface area contributed by atoms with Gasteiger partial charge in [0.25, 0.3) is 0 Å². The van der Waals surface area contributed by atoms with Crippen molar-refractivity contribution < 1.29 is 4.39 Å². The van der Waals surface area contributed by atoms with Crippen LogP contribution in [0.2, 0.25) is 0 Å². The average Bonchev–Trinajstić information content (AvgIpc) is 3.15. The normalized spacial score (nSPS) is 11.1. The molecule has 0 unspecified atom stereocenters. The molecular formula is C22H19FN2S. The summed E-state index contributed by atoms with van der Waals surface area (Å²) in [6.07, 6.45) is 2.84. The summed E-state index contributed by atoms with van der Waals surface area (Å²) in [5, 5.41) is 7.00. The van der Waals surface area contributed by atoms with Crippen molar-refractivity contribution in [3.63, 3.8) is 0 Å². The van der Waals surface area contributed by atoms with Crippen molar-refractivity contribution in [2.75, 3.05) is 6.54 Å². The van der Waals surface area contributed by atoms with Crippen molar-refractivity contribution >= 4 is 22.1 Å². The second-order valence-electron chi connectivity index (χ2n) is 6.20. The molecule has 1 aromatic heterocycles. The Bertz CT molecular complexity index is 1000. The largest absolute Gasteiger partial charge is 0.310 e. The number of nitrogens with one attached hydrogen (secondary N) is 1. The summed E-state index contributed by atoms with van der Waals surface area (Å²) < 4.78 is 12.9. The summed E-state index contributed by atoms with van der Waals surface area (Å²) in [5.74, 6) is -0.189. The van der Waals surface area contributed by atoms with Crippen LogP contribution in [0.3, 0.4) is 0 Å². The van der Waals surface area contributed by atoms with Crippen molar-refractivity contribution in [2.45, 2.75) is 13.0 Å². The van der Waals surface area contributed by atoms with Crippen LogP contribution < -0.4 is 5.32 Å². The van der Waals surface area contributed by atoms with Gasteiger partial charge >= 0.3 is 0 Å². The first-order valence-electron chi connectivity index (χ1n) is 8.67. The Morgan fingerprint density at radius 3 is 2.62 bits per heavy atom. The summed E-state index contributed by atoms with van der Waals surface area (Å²) in [6, 6.07) is 21.5. The van der Waals surface area contributed by atoms with Gasteiger partial charge in [-0.25, -0.2) is 9.37 Å². The Morgan fingerprint density at radius 2 is 1.73 bits per heavy atom. The zero-order chi connectivity index (χ0) is 17.8. The molecule has 0 aliphatic rings. The van der Waals surface area contributed by atoms with Gasteiger partial charge in [-0.15, -0.1) is 11.3 Å². The lowest BCUT2D eigenvalue weighted by Gasteiger charge is -2.04. The molecule has 4 rings (SSSR count). The molecule has 0 amide bonds. The van der Waals surface area contributed by atoms with Crippen LogP contribution >= 0.6 is 11.3 Å². The molecule has 4 aromatic rings. The van der Waals surface area contributed by atoms with E-state index in [1.54, 1.807) is 11.3 Å². The van der Waals surface area contributed by atoms with E-state index in [1.165, 1.54) is 33.3 Å². The van der Waals surface area contributed by atoms with E-state index in [0.29, 0.717) is 0 Å². The van der Waals surface area contributed by atoms with Gasteiger partial charge in [0.2, 0.25) is 0 Å². The van der Waals surface area contributed by atoms with Gasteiger partial charge in [-0.1, -0.05) is 54.6 Å². The summed E-state index contributed by atoms with van der Waals surface area (Å²) in [4.78, 5) is 5.75. The first kappa shape index (κ1) is 16.9. The van der Waals surface area contributed by atoms with Gasteiger partial charge in [-0.05, 0) is 41.4 Å². The summed E-state index contributed by atoms with van der Waals surface area (Å²) in [6.45, 7) is 1.59. The number of fused-ring (bicyclic) bond motifs is 1. The maximum Gasteiger partial charge on any atom is 0.123 e. The fourth-order valence-corrected chi connectivity index (χ4v) is 3.96. The van der Waals surface area contributed by atoms with Crippen LogP contribution in [0.25, 0.3) is 21.2 Å². The van der Waals surface area contributed by atoms with Gasteiger partial charge in [0, 0.05) is 18.3 Å². The number of hydrogen-bond acceptors (Lipinski definition) is 3. The van der Waals surface area contributed by atoms with E-state index >= 15 is 0 Å². The van der Waals surface area contributed by atoms with Crippen LogP contribution in [0, 0.1) is 5.82 Å². The molecule has 0 spiro atoms. The van der Waals surface area contributed by atoms with Crippen LogP contribution in [0.5, 0.6) is 0 Å². The average molecular weight is 362 g/mol. The molecule has 0 fully saturated rings. The molecule has 1 heterocycles. The molecule has 0 aliphatic carbocycles. The molecule has 0 bridgehead atoms. The molecule has 130 valence electrons. The van der Waals surface area contributed by atoms with Gasteiger partial charge in [-0.2, -0.15) is 0 Å². The standard InChI is InChI=1S/C22H19FN2S/c23-18-10-8-16(9-11-18)12-13-24-15-22-25-14-21(26-22)20-7-3-5-17-4-1-2-6-19(17)20/h1-11,14,24H,12-13,15H2. The van der Waals surface area contributed by atoms with Gasteiger partial charge in [0.1, 0.15) is 10.8 Å². The number of benzene rings is 3. The highest BCUT2D eigenvalue weighted by atomic mass is 32.1. The highest BCUT2D eigenvalue weighted by Gasteiger charge is 2.07. The van der Waals surface area contributed by atoms with E-state index in [1.807, 2.05) is 18.3 Å². The van der Waals surface area contributed by atoms with Crippen LogP contribution in [0.1, 0.15) is 10.6 Å². The van der Waals surface area contributed by atoms with Crippen molar-refractivity contribution in [1.82, 2.24) is 10.3 Å². The predicted molar refractivity (Wildman–Crippen MR) is 107 cm³/mol. The van der Waals surface area contributed by atoms with Crippen molar-refractivity contribution in [3.8, 4) is 10.4 Å². The monoisotopic (exact) mass is 362 g/mol. The number of hydrogen-bond donors (Lipinski definition) is 1. The van der Waals surface area contributed by atoms with Gasteiger partial charge in [0.05, 0.1) is 4.88 Å². The molecule has 1 N–H and O–H groups in total. The lowest BCUT2D eigenvalue weighted by Crippen LogP contribution is -2.16. The number of aromatic nitrogens is 1. The number of halogens is 1. The Kier molecular flexibility index (Phi) is 5.04. The third-order valence-electron chi connectivity index (χ3n) is 4.39. The van der Waals surface area contributed by atoms with Gasteiger partial charge in [0.15, 0.2) is 0 Å². The molecule has 3 aromatic carbocycles. The number of nitrogens with zero attached hydrogens (tertiary/aromatic N) is 1. The van der Waals surface area contributed by atoms with E-state index in [4.69, 9.17) is 0 Å².